The van der Waals surface area contributed by atoms with Gasteiger partial charge in [-0.25, -0.2) is 4.98 Å². The monoisotopic (exact) mass is 280 g/mol. The Bertz CT molecular complexity index is 510. The summed E-state index contributed by atoms with van der Waals surface area (Å²) in [7, 11) is 0. The molecule has 2 rings (SSSR count). The van der Waals surface area contributed by atoms with Gasteiger partial charge in [-0.1, -0.05) is 24.3 Å². The quantitative estimate of drug-likeness (QED) is 0.813. The van der Waals surface area contributed by atoms with Crippen molar-refractivity contribution in [1.82, 2.24) is 4.98 Å². The lowest BCUT2D eigenvalue weighted by Crippen LogP contribution is -1.97. The molecule has 0 aliphatic heterocycles. The number of nitrogens with one attached hydrogen (secondary N) is 1. The maximum absolute atomic E-state index is 5.77. The standard InChI is InChI=1S/C13H13ClN2OS/c1-2-7-17-11-5-3-10(4-6-11)15-8-12-9-16-13(14)18-12/h2-6,9,15H,1,7-8H2. The minimum atomic E-state index is 0.520. The summed E-state index contributed by atoms with van der Waals surface area (Å²) in [6.07, 6.45) is 3.50. The van der Waals surface area contributed by atoms with Crippen LogP contribution in [0, 0.1) is 0 Å². The van der Waals surface area contributed by atoms with E-state index < -0.39 is 0 Å². The first-order valence-corrected chi connectivity index (χ1v) is 6.65. The number of rotatable bonds is 6. The van der Waals surface area contributed by atoms with Gasteiger partial charge in [0.25, 0.3) is 0 Å². The Balaban J connectivity index is 1.88. The first-order valence-electron chi connectivity index (χ1n) is 5.46. The Morgan fingerprint density at radius 1 is 1.39 bits per heavy atom. The molecule has 0 spiro atoms. The van der Waals surface area contributed by atoms with Crippen molar-refractivity contribution < 1.29 is 4.74 Å². The lowest BCUT2D eigenvalue weighted by Gasteiger charge is -2.06. The van der Waals surface area contributed by atoms with Crippen LogP contribution in [0.1, 0.15) is 4.88 Å². The van der Waals surface area contributed by atoms with Gasteiger partial charge in [-0.2, -0.15) is 0 Å². The van der Waals surface area contributed by atoms with Crippen molar-refractivity contribution in [3.05, 3.63) is 52.5 Å². The van der Waals surface area contributed by atoms with E-state index >= 15 is 0 Å². The second-order valence-electron chi connectivity index (χ2n) is 3.56. The molecule has 0 aliphatic rings. The molecule has 5 heteroatoms. The van der Waals surface area contributed by atoms with Gasteiger partial charge < -0.3 is 10.1 Å². The van der Waals surface area contributed by atoms with E-state index in [4.69, 9.17) is 16.3 Å². The Kier molecular flexibility index (Phi) is 4.61. The molecule has 1 aromatic carbocycles. The first-order chi connectivity index (χ1) is 8.78. The summed E-state index contributed by atoms with van der Waals surface area (Å²) in [5.41, 5.74) is 1.03. The summed E-state index contributed by atoms with van der Waals surface area (Å²) < 4.78 is 5.97. The zero-order valence-electron chi connectivity index (χ0n) is 9.73. The van der Waals surface area contributed by atoms with Gasteiger partial charge in [0.05, 0.1) is 6.54 Å². The number of benzene rings is 1. The van der Waals surface area contributed by atoms with Crippen molar-refractivity contribution >= 4 is 28.6 Å². The number of halogens is 1. The minimum Gasteiger partial charge on any atom is -0.490 e. The Morgan fingerprint density at radius 3 is 2.78 bits per heavy atom. The van der Waals surface area contributed by atoms with Crippen LogP contribution in [0.2, 0.25) is 4.47 Å². The Hall–Kier alpha value is -1.52. The van der Waals surface area contributed by atoms with Crippen LogP contribution >= 0.6 is 22.9 Å². The molecule has 3 nitrogen and oxygen atoms in total. The van der Waals surface area contributed by atoms with Crippen LogP contribution in [0.25, 0.3) is 0 Å². The van der Waals surface area contributed by atoms with Gasteiger partial charge in [0.15, 0.2) is 4.47 Å². The van der Waals surface area contributed by atoms with E-state index in [1.165, 1.54) is 11.3 Å². The van der Waals surface area contributed by atoms with Crippen molar-refractivity contribution in [2.75, 3.05) is 11.9 Å². The fourth-order valence-corrected chi connectivity index (χ4v) is 2.30. The van der Waals surface area contributed by atoms with Crippen LogP contribution in [0.4, 0.5) is 5.69 Å². The number of aromatic nitrogens is 1. The molecule has 0 bridgehead atoms. The maximum atomic E-state index is 5.77. The van der Waals surface area contributed by atoms with Crippen LogP contribution < -0.4 is 10.1 Å². The molecule has 0 atom stereocenters. The van der Waals surface area contributed by atoms with Crippen molar-refractivity contribution in [3.63, 3.8) is 0 Å². The number of anilines is 1. The third-order valence-electron chi connectivity index (χ3n) is 2.21. The van der Waals surface area contributed by atoms with Crippen LogP contribution in [-0.2, 0) is 6.54 Å². The van der Waals surface area contributed by atoms with Gasteiger partial charge >= 0.3 is 0 Å². The van der Waals surface area contributed by atoms with Crippen molar-refractivity contribution in [3.8, 4) is 5.75 Å². The van der Waals surface area contributed by atoms with Crippen molar-refractivity contribution in [2.24, 2.45) is 0 Å². The van der Waals surface area contributed by atoms with Crippen molar-refractivity contribution in [2.45, 2.75) is 6.54 Å². The van der Waals surface area contributed by atoms with E-state index in [0.717, 1.165) is 22.9 Å². The van der Waals surface area contributed by atoms with Gasteiger partial charge in [-0.15, -0.1) is 11.3 Å². The van der Waals surface area contributed by atoms with Gasteiger partial charge in [-0.05, 0) is 24.3 Å². The van der Waals surface area contributed by atoms with E-state index in [2.05, 4.69) is 16.9 Å². The number of hydrogen-bond acceptors (Lipinski definition) is 4. The molecular weight excluding hydrogens is 268 g/mol. The van der Waals surface area contributed by atoms with E-state index in [1.54, 1.807) is 12.3 Å². The van der Waals surface area contributed by atoms with Crippen LogP contribution in [0.15, 0.2) is 43.1 Å². The third kappa shape index (κ3) is 3.75. The molecule has 0 unspecified atom stereocenters. The summed E-state index contributed by atoms with van der Waals surface area (Å²) in [5.74, 6) is 0.835. The molecule has 0 amide bonds. The lowest BCUT2D eigenvalue weighted by atomic mass is 10.3. The molecule has 1 heterocycles. The predicted molar refractivity (Wildman–Crippen MR) is 76.6 cm³/mol. The summed E-state index contributed by atoms with van der Waals surface area (Å²) in [6, 6.07) is 7.79. The fraction of sp³-hybridized carbons (Fsp3) is 0.154. The molecule has 1 N–H and O–H groups in total. The highest BCUT2D eigenvalue weighted by Crippen LogP contribution is 2.20. The topological polar surface area (TPSA) is 34.1 Å². The average Bonchev–Trinajstić information content (AvgIpc) is 2.81. The molecule has 0 saturated carbocycles. The Labute approximate surface area is 115 Å². The van der Waals surface area contributed by atoms with E-state index in [9.17, 15) is 0 Å². The molecule has 2 aromatic rings. The van der Waals surface area contributed by atoms with Gasteiger partial charge in [0.2, 0.25) is 0 Å². The van der Waals surface area contributed by atoms with Crippen molar-refractivity contribution in [1.29, 1.82) is 0 Å². The molecule has 0 fully saturated rings. The molecule has 18 heavy (non-hydrogen) atoms. The molecule has 0 radical (unpaired) electrons. The molecule has 1 aromatic heterocycles. The van der Waals surface area contributed by atoms with E-state index in [0.29, 0.717) is 11.1 Å². The van der Waals surface area contributed by atoms with E-state index in [1.807, 2.05) is 24.3 Å². The first kappa shape index (κ1) is 12.9. The normalized spacial score (nSPS) is 10.1. The van der Waals surface area contributed by atoms with Gasteiger partial charge in [-0.3, -0.25) is 0 Å². The highest BCUT2D eigenvalue weighted by molar-refractivity contribution is 7.15. The zero-order valence-corrected chi connectivity index (χ0v) is 11.3. The second-order valence-corrected chi connectivity index (χ2v) is 5.25. The molecule has 94 valence electrons. The predicted octanol–water partition coefficient (Wildman–Crippen LogP) is 3.97. The van der Waals surface area contributed by atoms with Crippen LogP contribution in [-0.4, -0.2) is 11.6 Å². The number of thiazole rings is 1. The summed E-state index contributed by atoms with van der Waals surface area (Å²) in [5, 5.41) is 3.29. The number of hydrogen-bond donors (Lipinski definition) is 1. The Morgan fingerprint density at radius 2 is 2.17 bits per heavy atom. The largest absolute Gasteiger partial charge is 0.490 e. The minimum absolute atomic E-state index is 0.520. The van der Waals surface area contributed by atoms with E-state index in [-0.39, 0.29) is 0 Å². The number of nitrogens with zero attached hydrogens (tertiary/aromatic N) is 1. The van der Waals surface area contributed by atoms with Gasteiger partial charge in [0.1, 0.15) is 12.4 Å². The van der Waals surface area contributed by atoms with Gasteiger partial charge in [0, 0.05) is 16.8 Å². The van der Waals surface area contributed by atoms with Crippen LogP contribution in [0.3, 0.4) is 0 Å². The highest BCUT2D eigenvalue weighted by atomic mass is 35.5. The molecule has 0 aliphatic carbocycles. The third-order valence-corrected chi connectivity index (χ3v) is 3.33. The SMILES string of the molecule is C=CCOc1ccc(NCc2cnc(Cl)s2)cc1. The molecular formula is C13H13ClN2OS. The lowest BCUT2D eigenvalue weighted by molar-refractivity contribution is 0.363. The summed E-state index contributed by atoms with van der Waals surface area (Å²) >= 11 is 7.24. The fourth-order valence-electron chi connectivity index (χ4n) is 1.38. The second kappa shape index (κ2) is 6.42. The maximum Gasteiger partial charge on any atom is 0.183 e. The molecule has 0 saturated heterocycles. The smallest absolute Gasteiger partial charge is 0.183 e. The summed E-state index contributed by atoms with van der Waals surface area (Å²) in [4.78, 5) is 5.09. The average molecular weight is 281 g/mol. The highest BCUT2D eigenvalue weighted by Gasteiger charge is 1.99. The zero-order chi connectivity index (χ0) is 12.8. The summed E-state index contributed by atoms with van der Waals surface area (Å²) in [6.45, 7) is 4.84. The van der Waals surface area contributed by atoms with Crippen LogP contribution in [0.5, 0.6) is 5.75 Å². The number of ether oxygens (including phenoxy) is 1.